The van der Waals surface area contributed by atoms with Crippen LogP contribution in [-0.4, -0.2) is 16.6 Å². The first-order valence-corrected chi connectivity index (χ1v) is 3.26. The van der Waals surface area contributed by atoms with Gasteiger partial charge < -0.3 is 5.73 Å². The molecule has 60 valence electrons. The predicted molar refractivity (Wildman–Crippen MR) is 40.0 cm³/mol. The number of hydrogen-bond acceptors (Lipinski definition) is 2. The third-order valence-corrected chi connectivity index (χ3v) is 1.75. The highest BCUT2D eigenvalue weighted by atomic mass is 16.2. The van der Waals surface area contributed by atoms with E-state index in [1.54, 1.807) is 0 Å². The monoisotopic (exact) mass is 145 g/mol. The molecule has 0 aromatic rings. The zero-order chi connectivity index (χ0) is 8.36. The summed E-state index contributed by atoms with van der Waals surface area (Å²) in [7, 11) is 0. The Morgan fingerprint density at radius 1 is 1.60 bits per heavy atom. The van der Waals surface area contributed by atoms with Crippen molar-refractivity contribution in [2.45, 2.75) is 32.7 Å². The molecule has 0 radical (unpaired) electrons. The average Bonchev–Trinajstić information content (AvgIpc) is 1.86. The maximum atomic E-state index is 10.5. The summed E-state index contributed by atoms with van der Waals surface area (Å²) in [6.07, 6.45) is 0.784. The van der Waals surface area contributed by atoms with Crippen LogP contribution >= 0.6 is 0 Å². The van der Waals surface area contributed by atoms with Gasteiger partial charge in [0.25, 0.3) is 0 Å². The van der Waals surface area contributed by atoms with Crippen molar-refractivity contribution in [3.8, 4) is 0 Å². The summed E-state index contributed by atoms with van der Waals surface area (Å²) in [6.45, 7) is 5.66. The van der Waals surface area contributed by atoms with E-state index in [4.69, 9.17) is 11.6 Å². The molecular weight excluding hydrogens is 130 g/mol. The first-order valence-electron chi connectivity index (χ1n) is 3.26. The Morgan fingerprint density at radius 3 is 2.10 bits per heavy atom. The molecule has 0 rings (SSSR count). The number of rotatable bonds is 2. The third kappa shape index (κ3) is 1.88. The number of nitrogens with zero attached hydrogens (tertiary/aromatic N) is 1. The lowest BCUT2D eigenvalue weighted by atomic mass is 10.0. The van der Waals surface area contributed by atoms with Crippen molar-refractivity contribution in [1.82, 2.24) is 5.01 Å². The predicted octanol–water partition coefficient (Wildman–Crippen LogP) is 0.429. The zero-order valence-electron chi connectivity index (χ0n) is 6.72. The summed E-state index contributed by atoms with van der Waals surface area (Å²) in [6, 6.07) is -0.591. The van der Waals surface area contributed by atoms with Crippen molar-refractivity contribution in [2.75, 3.05) is 0 Å². The summed E-state index contributed by atoms with van der Waals surface area (Å²) in [5.41, 5.74) is 4.62. The van der Waals surface area contributed by atoms with Gasteiger partial charge in [-0.05, 0) is 20.3 Å². The van der Waals surface area contributed by atoms with Gasteiger partial charge in [-0.25, -0.2) is 10.6 Å². The number of hydrogen-bond donors (Lipinski definition) is 2. The first kappa shape index (κ1) is 9.23. The highest BCUT2D eigenvalue weighted by Crippen LogP contribution is 2.13. The number of urea groups is 1. The fourth-order valence-electron chi connectivity index (χ4n) is 0.469. The summed E-state index contributed by atoms with van der Waals surface area (Å²) >= 11 is 0. The molecule has 2 amide bonds. The van der Waals surface area contributed by atoms with E-state index >= 15 is 0 Å². The lowest BCUT2D eigenvalue weighted by Gasteiger charge is -2.32. The van der Waals surface area contributed by atoms with E-state index in [0.29, 0.717) is 0 Å². The molecule has 0 unspecified atom stereocenters. The van der Waals surface area contributed by atoms with Crippen molar-refractivity contribution >= 4 is 6.03 Å². The molecule has 0 saturated carbocycles. The van der Waals surface area contributed by atoms with Gasteiger partial charge in [-0.3, -0.25) is 5.01 Å². The molecule has 0 aromatic carbocycles. The summed E-state index contributed by atoms with van der Waals surface area (Å²) in [5, 5.41) is 1.05. The lowest BCUT2D eigenvalue weighted by Crippen LogP contribution is -2.54. The molecule has 0 aliphatic heterocycles. The van der Waals surface area contributed by atoms with Crippen LogP contribution in [-0.2, 0) is 0 Å². The van der Waals surface area contributed by atoms with Gasteiger partial charge in [0, 0.05) is 0 Å². The number of amides is 2. The Bertz CT molecular complexity index is 133. The van der Waals surface area contributed by atoms with E-state index in [2.05, 4.69) is 0 Å². The Morgan fingerprint density at radius 2 is 2.00 bits per heavy atom. The Kier molecular flexibility index (Phi) is 2.65. The minimum atomic E-state index is -0.591. The highest BCUT2D eigenvalue weighted by Gasteiger charge is 2.24. The van der Waals surface area contributed by atoms with Crippen molar-refractivity contribution in [3.63, 3.8) is 0 Å². The minimum absolute atomic E-state index is 0.341. The van der Waals surface area contributed by atoms with Crippen LogP contribution in [0.5, 0.6) is 0 Å². The van der Waals surface area contributed by atoms with Gasteiger partial charge in [-0.1, -0.05) is 6.92 Å². The number of nitrogens with two attached hydrogens (primary N) is 2. The minimum Gasteiger partial charge on any atom is -0.350 e. The van der Waals surface area contributed by atoms with Gasteiger partial charge in [0.2, 0.25) is 0 Å². The smallest absolute Gasteiger partial charge is 0.329 e. The fourth-order valence-corrected chi connectivity index (χ4v) is 0.469. The van der Waals surface area contributed by atoms with Gasteiger partial charge in [0.15, 0.2) is 0 Å². The number of carbonyl (C=O) groups excluding carboxylic acids is 1. The molecule has 0 spiro atoms. The van der Waals surface area contributed by atoms with Gasteiger partial charge in [-0.15, -0.1) is 0 Å². The quantitative estimate of drug-likeness (QED) is 0.336. The highest BCUT2D eigenvalue weighted by molar-refractivity contribution is 5.72. The Labute approximate surface area is 61.1 Å². The van der Waals surface area contributed by atoms with E-state index in [-0.39, 0.29) is 5.54 Å². The van der Waals surface area contributed by atoms with E-state index in [0.717, 1.165) is 11.4 Å². The molecule has 0 aliphatic rings. The largest absolute Gasteiger partial charge is 0.350 e. The van der Waals surface area contributed by atoms with E-state index < -0.39 is 6.03 Å². The molecule has 0 aliphatic carbocycles. The molecule has 0 atom stereocenters. The summed E-state index contributed by atoms with van der Waals surface area (Å²) in [5.74, 6) is 5.36. The van der Waals surface area contributed by atoms with E-state index in [1.807, 2.05) is 20.8 Å². The molecule has 0 aromatic heterocycles. The second kappa shape index (κ2) is 2.88. The van der Waals surface area contributed by atoms with Crippen LogP contribution in [0.15, 0.2) is 0 Å². The molecule has 4 heteroatoms. The van der Waals surface area contributed by atoms with Crippen molar-refractivity contribution in [3.05, 3.63) is 0 Å². The van der Waals surface area contributed by atoms with Gasteiger partial charge in [0.05, 0.1) is 5.54 Å². The third-order valence-electron chi connectivity index (χ3n) is 1.75. The van der Waals surface area contributed by atoms with Crippen molar-refractivity contribution in [1.29, 1.82) is 0 Å². The summed E-state index contributed by atoms with van der Waals surface area (Å²) < 4.78 is 0. The van der Waals surface area contributed by atoms with Crippen molar-refractivity contribution < 1.29 is 4.79 Å². The number of primary amides is 1. The molecule has 0 fully saturated rings. The maximum Gasteiger partial charge on any atom is 0.329 e. The standard InChI is InChI=1S/C6H15N3O/c1-4-6(2,3)9(8)5(7)10/h4,8H2,1-3H3,(H2,7,10). The molecule has 10 heavy (non-hydrogen) atoms. The second-order valence-corrected chi connectivity index (χ2v) is 2.87. The normalized spacial score (nSPS) is 11.2. The topological polar surface area (TPSA) is 72.3 Å². The van der Waals surface area contributed by atoms with Crippen LogP contribution in [0.3, 0.4) is 0 Å². The van der Waals surface area contributed by atoms with Gasteiger partial charge in [-0.2, -0.15) is 0 Å². The molecule has 4 nitrogen and oxygen atoms in total. The van der Waals surface area contributed by atoms with E-state index in [1.165, 1.54) is 0 Å². The van der Waals surface area contributed by atoms with Crippen LogP contribution in [0.2, 0.25) is 0 Å². The van der Waals surface area contributed by atoms with Crippen LogP contribution < -0.4 is 11.6 Å². The summed E-state index contributed by atoms with van der Waals surface area (Å²) in [4.78, 5) is 10.5. The van der Waals surface area contributed by atoms with Crippen LogP contribution in [0.1, 0.15) is 27.2 Å². The van der Waals surface area contributed by atoms with Crippen LogP contribution in [0.4, 0.5) is 4.79 Å². The van der Waals surface area contributed by atoms with Crippen molar-refractivity contribution in [2.24, 2.45) is 11.6 Å². The second-order valence-electron chi connectivity index (χ2n) is 2.87. The lowest BCUT2D eigenvalue weighted by molar-refractivity contribution is 0.140. The van der Waals surface area contributed by atoms with Crippen LogP contribution in [0.25, 0.3) is 0 Å². The Hall–Kier alpha value is -0.770. The maximum absolute atomic E-state index is 10.5. The average molecular weight is 145 g/mol. The van der Waals surface area contributed by atoms with Crippen LogP contribution in [0, 0.1) is 0 Å². The molecular formula is C6H15N3O. The fraction of sp³-hybridized carbons (Fsp3) is 0.833. The van der Waals surface area contributed by atoms with Gasteiger partial charge in [0.1, 0.15) is 0 Å². The molecule has 0 bridgehead atoms. The van der Waals surface area contributed by atoms with E-state index in [9.17, 15) is 4.79 Å². The first-order chi connectivity index (χ1) is 4.41. The number of hydrazine groups is 1. The SMILES string of the molecule is CCC(C)(C)N(N)C(N)=O. The molecule has 4 N–H and O–H groups in total. The van der Waals surface area contributed by atoms with Gasteiger partial charge >= 0.3 is 6.03 Å². The number of carbonyl (C=O) groups is 1. The molecule has 0 saturated heterocycles. The zero-order valence-corrected chi connectivity index (χ0v) is 6.72. The molecule has 0 heterocycles. The Balaban J connectivity index is 4.17.